The molecule has 1 atom stereocenters. The third-order valence-corrected chi connectivity index (χ3v) is 5.83. The lowest BCUT2D eigenvalue weighted by atomic mass is 10.2. The topological polar surface area (TPSA) is 128 Å². The maximum Gasteiger partial charge on any atom is 0.293 e. The molecule has 0 bridgehead atoms. The molecule has 0 saturated heterocycles. The highest BCUT2D eigenvalue weighted by Crippen LogP contribution is 2.32. The van der Waals surface area contributed by atoms with Crippen molar-refractivity contribution in [3.63, 3.8) is 0 Å². The molecule has 0 heterocycles. The van der Waals surface area contributed by atoms with Crippen LogP contribution in [0, 0.1) is 10.1 Å². The summed E-state index contributed by atoms with van der Waals surface area (Å²) in [7, 11) is -3.57. The molecule has 0 aliphatic rings. The number of ether oxygens (including phenoxy) is 1. The summed E-state index contributed by atoms with van der Waals surface area (Å²) in [5, 5.41) is 17.1. The van der Waals surface area contributed by atoms with Crippen molar-refractivity contribution in [2.75, 3.05) is 24.7 Å². The molecule has 0 radical (unpaired) electrons. The van der Waals surface area contributed by atoms with Crippen LogP contribution in [0.15, 0.2) is 41.3 Å². The molecule has 0 spiro atoms. The van der Waals surface area contributed by atoms with Crippen molar-refractivity contribution >= 4 is 50.3 Å². The van der Waals surface area contributed by atoms with Gasteiger partial charge in [-0.2, -0.15) is 0 Å². The number of rotatable bonds is 9. The quantitative estimate of drug-likeness (QED) is 0.323. The zero-order chi connectivity index (χ0) is 22.5. The first-order valence-corrected chi connectivity index (χ1v) is 11.3. The molecule has 1 unspecified atom stereocenters. The van der Waals surface area contributed by atoms with E-state index in [0.717, 1.165) is 12.3 Å². The Morgan fingerprint density at radius 1 is 1.23 bits per heavy atom. The van der Waals surface area contributed by atoms with E-state index < -0.39 is 26.8 Å². The van der Waals surface area contributed by atoms with E-state index in [0.29, 0.717) is 5.02 Å². The van der Waals surface area contributed by atoms with Crippen LogP contribution < -0.4 is 15.4 Å². The van der Waals surface area contributed by atoms with Gasteiger partial charge >= 0.3 is 0 Å². The number of anilines is 1. The summed E-state index contributed by atoms with van der Waals surface area (Å²) in [6, 6.07) is 8.38. The van der Waals surface area contributed by atoms with Crippen molar-refractivity contribution in [2.45, 2.75) is 17.9 Å². The molecule has 0 aromatic heterocycles. The van der Waals surface area contributed by atoms with Crippen molar-refractivity contribution in [3.05, 3.63) is 56.6 Å². The molecule has 0 aliphatic heterocycles. The van der Waals surface area contributed by atoms with Crippen LogP contribution in [0.1, 0.15) is 6.92 Å². The van der Waals surface area contributed by atoms with Gasteiger partial charge in [0.2, 0.25) is 0 Å². The third-order valence-electron chi connectivity index (χ3n) is 3.92. The van der Waals surface area contributed by atoms with Gasteiger partial charge in [-0.15, -0.1) is 0 Å². The number of hydrogen-bond acceptors (Lipinski definition) is 7. The molecule has 0 saturated carbocycles. The Morgan fingerprint density at radius 3 is 2.57 bits per heavy atom. The van der Waals surface area contributed by atoms with E-state index in [4.69, 9.17) is 27.9 Å². The summed E-state index contributed by atoms with van der Waals surface area (Å²) >= 11 is 11.9. The lowest BCUT2D eigenvalue weighted by Crippen LogP contribution is -2.38. The zero-order valence-electron chi connectivity index (χ0n) is 16.0. The van der Waals surface area contributed by atoms with Gasteiger partial charge in [0.25, 0.3) is 11.6 Å². The molecular weight excluding hydrogens is 457 g/mol. The number of nitro benzene ring substituents is 1. The number of hydrogen-bond donors (Lipinski definition) is 2. The highest BCUT2D eigenvalue weighted by atomic mass is 35.5. The molecule has 2 aromatic rings. The Labute approximate surface area is 183 Å². The number of amides is 1. The number of carbonyl (C=O) groups excluding carboxylic acids is 1. The van der Waals surface area contributed by atoms with Gasteiger partial charge in [0.1, 0.15) is 16.5 Å². The average molecular weight is 476 g/mol. The summed E-state index contributed by atoms with van der Waals surface area (Å²) in [6.07, 6.45) is 0.110. The number of nitrogens with one attached hydrogen (secondary N) is 2. The van der Waals surface area contributed by atoms with Crippen LogP contribution in [-0.4, -0.2) is 44.7 Å². The normalized spacial score (nSPS) is 12.1. The molecule has 12 heteroatoms. The van der Waals surface area contributed by atoms with Gasteiger partial charge < -0.3 is 15.4 Å². The van der Waals surface area contributed by atoms with E-state index in [1.165, 1.54) is 19.1 Å². The number of nitrogens with zero attached hydrogens (tertiary/aromatic N) is 1. The van der Waals surface area contributed by atoms with E-state index in [9.17, 15) is 23.3 Å². The number of halogens is 2. The molecule has 162 valence electrons. The lowest BCUT2D eigenvalue weighted by Gasteiger charge is -2.16. The highest BCUT2D eigenvalue weighted by molar-refractivity contribution is 7.90. The van der Waals surface area contributed by atoms with Crippen molar-refractivity contribution in [3.8, 4) is 5.75 Å². The molecule has 9 nitrogen and oxygen atoms in total. The van der Waals surface area contributed by atoms with Crippen LogP contribution in [0.25, 0.3) is 0 Å². The molecule has 2 rings (SSSR count). The Balaban J connectivity index is 1.92. The zero-order valence-corrected chi connectivity index (χ0v) is 18.3. The molecule has 2 N–H and O–H groups in total. The molecule has 0 fully saturated rings. The largest absolute Gasteiger partial charge is 0.479 e. The second kappa shape index (κ2) is 9.96. The second-order valence-corrected chi connectivity index (χ2v) is 9.04. The highest BCUT2D eigenvalue weighted by Gasteiger charge is 2.19. The SMILES string of the molecule is CC(Oc1cccc(Cl)c1Cl)C(=O)NCCNc1ccc(S(C)(=O)=O)cc1[N+](=O)[O-]. The maximum absolute atomic E-state index is 12.2. The van der Waals surface area contributed by atoms with E-state index in [1.54, 1.807) is 18.2 Å². The number of nitro groups is 1. The smallest absolute Gasteiger partial charge is 0.293 e. The number of benzene rings is 2. The molecule has 30 heavy (non-hydrogen) atoms. The van der Waals surface area contributed by atoms with E-state index in [1.807, 2.05) is 0 Å². The van der Waals surface area contributed by atoms with Crippen molar-refractivity contribution in [1.82, 2.24) is 5.32 Å². The number of carbonyl (C=O) groups is 1. The van der Waals surface area contributed by atoms with Gasteiger partial charge in [0, 0.05) is 25.4 Å². The summed E-state index contributed by atoms with van der Waals surface area (Å²) < 4.78 is 28.6. The second-order valence-electron chi connectivity index (χ2n) is 6.24. The van der Waals surface area contributed by atoms with Crippen molar-refractivity contribution < 1.29 is 22.9 Å². The summed E-state index contributed by atoms with van der Waals surface area (Å²) in [5.41, 5.74) is -0.242. The van der Waals surface area contributed by atoms with Crippen LogP contribution in [-0.2, 0) is 14.6 Å². The van der Waals surface area contributed by atoms with E-state index >= 15 is 0 Å². The Kier molecular flexibility index (Phi) is 7.88. The van der Waals surface area contributed by atoms with Gasteiger partial charge in [-0.3, -0.25) is 14.9 Å². The van der Waals surface area contributed by atoms with Gasteiger partial charge in [-0.1, -0.05) is 29.3 Å². The minimum Gasteiger partial charge on any atom is -0.479 e. The molecule has 0 aliphatic carbocycles. The average Bonchev–Trinajstić information content (AvgIpc) is 2.67. The van der Waals surface area contributed by atoms with Crippen molar-refractivity contribution in [1.29, 1.82) is 0 Å². The van der Waals surface area contributed by atoms with Crippen LogP contribution in [0.2, 0.25) is 10.0 Å². The maximum atomic E-state index is 12.2. The van der Waals surface area contributed by atoms with E-state index in [2.05, 4.69) is 10.6 Å². The standard InChI is InChI=1S/C18H19Cl2N3O6S/c1-11(29-16-5-3-4-13(19)17(16)20)18(24)22-9-8-21-14-7-6-12(30(2,27)28)10-15(14)23(25)26/h3-7,10-11,21H,8-9H2,1-2H3,(H,22,24). The first-order chi connectivity index (χ1) is 14.0. The molecule has 1 amide bonds. The van der Waals surface area contributed by atoms with Gasteiger partial charge in [-0.05, 0) is 31.2 Å². The number of sulfone groups is 1. The predicted molar refractivity (Wildman–Crippen MR) is 114 cm³/mol. The minimum atomic E-state index is -3.57. The predicted octanol–water partition coefficient (Wildman–Crippen LogP) is 3.30. The molecule has 2 aromatic carbocycles. The minimum absolute atomic E-state index is 0.136. The van der Waals surface area contributed by atoms with Gasteiger partial charge in [-0.25, -0.2) is 8.42 Å². The van der Waals surface area contributed by atoms with Crippen molar-refractivity contribution in [2.24, 2.45) is 0 Å². The Hall–Kier alpha value is -2.56. The fraction of sp³-hybridized carbons (Fsp3) is 0.278. The fourth-order valence-electron chi connectivity index (χ4n) is 2.39. The van der Waals surface area contributed by atoms with Gasteiger partial charge in [0.15, 0.2) is 15.9 Å². The monoisotopic (exact) mass is 475 g/mol. The van der Waals surface area contributed by atoms with Crippen LogP contribution in [0.5, 0.6) is 5.75 Å². The van der Waals surface area contributed by atoms with Crippen LogP contribution >= 0.6 is 23.2 Å². The van der Waals surface area contributed by atoms with Crippen LogP contribution in [0.3, 0.4) is 0 Å². The fourth-order valence-corrected chi connectivity index (χ4v) is 3.37. The molecular formula is C18H19Cl2N3O6S. The van der Waals surface area contributed by atoms with E-state index in [-0.39, 0.29) is 40.1 Å². The Bertz CT molecular complexity index is 1060. The first-order valence-electron chi connectivity index (χ1n) is 8.61. The first kappa shape index (κ1) is 23.7. The lowest BCUT2D eigenvalue weighted by molar-refractivity contribution is -0.384. The van der Waals surface area contributed by atoms with Gasteiger partial charge in [0.05, 0.1) is 14.8 Å². The summed E-state index contributed by atoms with van der Waals surface area (Å²) in [4.78, 5) is 22.6. The van der Waals surface area contributed by atoms with Crippen LogP contribution in [0.4, 0.5) is 11.4 Å². The Morgan fingerprint density at radius 2 is 1.93 bits per heavy atom. The summed E-state index contributed by atoms with van der Waals surface area (Å²) in [5.74, 6) is -0.152. The summed E-state index contributed by atoms with van der Waals surface area (Å²) in [6.45, 7) is 1.84. The third kappa shape index (κ3) is 6.22.